The average molecular weight is 307 g/mol. The number of fused-ring (bicyclic) bond motifs is 4. The van der Waals surface area contributed by atoms with E-state index in [0.717, 1.165) is 0 Å². The lowest BCUT2D eigenvalue weighted by molar-refractivity contribution is 1.01. The van der Waals surface area contributed by atoms with Gasteiger partial charge in [-0.05, 0) is 34.0 Å². The molecule has 0 aliphatic rings. The summed E-state index contributed by atoms with van der Waals surface area (Å²) >= 11 is 0. The maximum atomic E-state index is 2.32. The van der Waals surface area contributed by atoms with Crippen LogP contribution in [0.4, 0.5) is 0 Å². The SMILES string of the molecule is Cn1c2ccccc2c2ccc(-c3cccc4ccccc34)cc21. The van der Waals surface area contributed by atoms with Crippen molar-refractivity contribution in [1.29, 1.82) is 0 Å². The fourth-order valence-corrected chi connectivity index (χ4v) is 3.81. The number of aromatic nitrogens is 1. The molecule has 0 saturated carbocycles. The van der Waals surface area contributed by atoms with E-state index in [2.05, 4.69) is 96.5 Å². The zero-order valence-corrected chi connectivity index (χ0v) is 13.5. The molecule has 0 aliphatic carbocycles. The number of benzene rings is 4. The Hall–Kier alpha value is -3.06. The van der Waals surface area contributed by atoms with Crippen LogP contribution in [0.3, 0.4) is 0 Å². The summed E-state index contributed by atoms with van der Waals surface area (Å²) in [4.78, 5) is 0. The quantitative estimate of drug-likeness (QED) is 0.350. The Morgan fingerprint density at radius 1 is 0.583 bits per heavy atom. The fraction of sp³-hybridized carbons (Fsp3) is 0.0435. The van der Waals surface area contributed by atoms with Gasteiger partial charge in [-0.3, -0.25) is 0 Å². The predicted molar refractivity (Wildman–Crippen MR) is 103 cm³/mol. The standard InChI is InChI=1S/C23H17N/c1-24-22-12-5-4-10-20(22)21-14-13-17(15-23(21)24)19-11-6-8-16-7-2-3-9-18(16)19/h2-15H,1H3. The van der Waals surface area contributed by atoms with E-state index >= 15 is 0 Å². The Balaban J connectivity index is 1.84. The number of rotatable bonds is 1. The van der Waals surface area contributed by atoms with E-state index in [9.17, 15) is 0 Å². The largest absolute Gasteiger partial charge is 0.344 e. The minimum Gasteiger partial charge on any atom is -0.344 e. The fourth-order valence-electron chi connectivity index (χ4n) is 3.81. The summed E-state index contributed by atoms with van der Waals surface area (Å²) in [5, 5.41) is 5.22. The lowest BCUT2D eigenvalue weighted by Crippen LogP contribution is -1.87. The van der Waals surface area contributed by atoms with Gasteiger partial charge in [0.05, 0.1) is 0 Å². The Labute approximate surface area is 140 Å². The molecule has 1 heterocycles. The van der Waals surface area contributed by atoms with Crippen LogP contribution in [0.2, 0.25) is 0 Å². The molecule has 0 unspecified atom stereocenters. The van der Waals surface area contributed by atoms with E-state index < -0.39 is 0 Å². The van der Waals surface area contributed by atoms with E-state index in [1.54, 1.807) is 0 Å². The van der Waals surface area contributed by atoms with E-state index in [4.69, 9.17) is 0 Å². The van der Waals surface area contributed by atoms with Crippen molar-refractivity contribution in [2.45, 2.75) is 0 Å². The highest BCUT2D eigenvalue weighted by molar-refractivity contribution is 6.09. The first kappa shape index (κ1) is 13.4. The van der Waals surface area contributed by atoms with Gasteiger partial charge < -0.3 is 4.57 Å². The van der Waals surface area contributed by atoms with Crippen molar-refractivity contribution in [3.05, 3.63) is 84.9 Å². The third kappa shape index (κ3) is 1.82. The summed E-state index contributed by atoms with van der Waals surface area (Å²) in [5.74, 6) is 0. The molecular formula is C23H17N. The van der Waals surface area contributed by atoms with Crippen molar-refractivity contribution in [2.75, 3.05) is 0 Å². The summed E-state index contributed by atoms with van der Waals surface area (Å²) in [7, 11) is 2.15. The van der Waals surface area contributed by atoms with Crippen LogP contribution in [0.5, 0.6) is 0 Å². The average Bonchev–Trinajstić information content (AvgIpc) is 2.94. The molecule has 114 valence electrons. The third-order valence-corrected chi connectivity index (χ3v) is 5.02. The van der Waals surface area contributed by atoms with Crippen molar-refractivity contribution in [2.24, 2.45) is 7.05 Å². The molecule has 5 aromatic rings. The number of hydrogen-bond acceptors (Lipinski definition) is 0. The second-order valence-electron chi connectivity index (χ2n) is 6.33. The lowest BCUT2D eigenvalue weighted by Gasteiger charge is -2.08. The molecule has 0 N–H and O–H groups in total. The molecule has 0 bridgehead atoms. The van der Waals surface area contributed by atoms with Crippen LogP contribution in [0.15, 0.2) is 84.9 Å². The van der Waals surface area contributed by atoms with Gasteiger partial charge >= 0.3 is 0 Å². The molecule has 5 rings (SSSR count). The topological polar surface area (TPSA) is 4.93 Å². The summed E-state index contributed by atoms with van der Waals surface area (Å²) in [5.41, 5.74) is 5.12. The van der Waals surface area contributed by atoms with Crippen molar-refractivity contribution >= 4 is 32.6 Å². The Morgan fingerprint density at radius 3 is 2.21 bits per heavy atom. The molecule has 1 nitrogen and oxygen atoms in total. The number of aryl methyl sites for hydroxylation is 1. The zero-order valence-electron chi connectivity index (χ0n) is 13.5. The lowest BCUT2D eigenvalue weighted by atomic mass is 9.97. The minimum atomic E-state index is 1.27. The molecule has 24 heavy (non-hydrogen) atoms. The Morgan fingerprint density at radius 2 is 1.29 bits per heavy atom. The number of para-hydroxylation sites is 1. The molecule has 0 radical (unpaired) electrons. The van der Waals surface area contributed by atoms with E-state index in [1.807, 2.05) is 0 Å². The van der Waals surface area contributed by atoms with E-state index in [1.165, 1.54) is 43.7 Å². The number of hydrogen-bond donors (Lipinski definition) is 0. The molecule has 0 saturated heterocycles. The Bertz CT molecular complexity index is 1210. The summed E-state index contributed by atoms with van der Waals surface area (Å²) in [6.45, 7) is 0. The molecule has 0 amide bonds. The van der Waals surface area contributed by atoms with Crippen LogP contribution >= 0.6 is 0 Å². The highest BCUT2D eigenvalue weighted by Gasteiger charge is 2.10. The maximum Gasteiger partial charge on any atom is 0.0494 e. The van der Waals surface area contributed by atoms with Crippen molar-refractivity contribution in [1.82, 2.24) is 4.57 Å². The van der Waals surface area contributed by atoms with Crippen molar-refractivity contribution in [3.63, 3.8) is 0 Å². The van der Waals surface area contributed by atoms with Crippen LogP contribution in [-0.2, 0) is 7.05 Å². The first-order valence-corrected chi connectivity index (χ1v) is 8.28. The molecule has 0 aliphatic heterocycles. The Kier molecular flexibility index (Phi) is 2.77. The van der Waals surface area contributed by atoms with Crippen LogP contribution in [-0.4, -0.2) is 4.57 Å². The van der Waals surface area contributed by atoms with Gasteiger partial charge in [0.2, 0.25) is 0 Å². The molecule has 4 aromatic carbocycles. The highest BCUT2D eigenvalue weighted by Crippen LogP contribution is 2.34. The molecule has 1 heteroatoms. The summed E-state index contributed by atoms with van der Waals surface area (Å²) < 4.78 is 2.29. The second-order valence-corrected chi connectivity index (χ2v) is 6.33. The predicted octanol–water partition coefficient (Wildman–Crippen LogP) is 6.15. The van der Waals surface area contributed by atoms with Crippen LogP contribution < -0.4 is 0 Å². The van der Waals surface area contributed by atoms with Gasteiger partial charge in [-0.1, -0.05) is 72.8 Å². The smallest absolute Gasteiger partial charge is 0.0494 e. The zero-order chi connectivity index (χ0) is 16.1. The van der Waals surface area contributed by atoms with Gasteiger partial charge in [0.25, 0.3) is 0 Å². The minimum absolute atomic E-state index is 1.27. The third-order valence-electron chi connectivity index (χ3n) is 5.02. The van der Waals surface area contributed by atoms with Gasteiger partial charge in [-0.2, -0.15) is 0 Å². The summed E-state index contributed by atoms with van der Waals surface area (Å²) in [6.07, 6.45) is 0. The highest BCUT2D eigenvalue weighted by atomic mass is 14.9. The molecule has 0 fully saturated rings. The second kappa shape index (κ2) is 4.97. The van der Waals surface area contributed by atoms with Gasteiger partial charge in [-0.15, -0.1) is 0 Å². The van der Waals surface area contributed by atoms with Crippen LogP contribution in [0, 0.1) is 0 Å². The molecule has 1 aromatic heterocycles. The molecular weight excluding hydrogens is 290 g/mol. The first-order chi connectivity index (χ1) is 11.8. The van der Waals surface area contributed by atoms with Gasteiger partial charge in [0.15, 0.2) is 0 Å². The van der Waals surface area contributed by atoms with E-state index in [-0.39, 0.29) is 0 Å². The van der Waals surface area contributed by atoms with Crippen molar-refractivity contribution in [3.8, 4) is 11.1 Å². The molecule has 0 atom stereocenters. The van der Waals surface area contributed by atoms with Gasteiger partial charge in [0, 0.05) is 28.9 Å². The van der Waals surface area contributed by atoms with Gasteiger partial charge in [-0.25, -0.2) is 0 Å². The van der Waals surface area contributed by atoms with Crippen LogP contribution in [0.1, 0.15) is 0 Å². The molecule has 0 spiro atoms. The summed E-state index contributed by atoms with van der Waals surface area (Å²) in [6, 6.07) is 30.5. The van der Waals surface area contributed by atoms with E-state index in [0.29, 0.717) is 0 Å². The first-order valence-electron chi connectivity index (χ1n) is 8.28. The number of nitrogens with zero attached hydrogens (tertiary/aromatic N) is 1. The van der Waals surface area contributed by atoms with Crippen LogP contribution in [0.25, 0.3) is 43.7 Å². The maximum absolute atomic E-state index is 2.32. The van der Waals surface area contributed by atoms with Gasteiger partial charge in [0.1, 0.15) is 0 Å². The monoisotopic (exact) mass is 307 g/mol. The van der Waals surface area contributed by atoms with Crippen molar-refractivity contribution < 1.29 is 0 Å². The normalized spacial score (nSPS) is 11.5.